The molecule has 0 aliphatic carbocycles. The van der Waals surface area contributed by atoms with Crippen molar-refractivity contribution in [3.63, 3.8) is 0 Å². The van der Waals surface area contributed by atoms with Gasteiger partial charge in [-0.2, -0.15) is 0 Å². The lowest BCUT2D eigenvalue weighted by molar-refractivity contribution is 0.304. The minimum absolute atomic E-state index is 0.189. The van der Waals surface area contributed by atoms with Gasteiger partial charge in [-0.25, -0.2) is 0 Å². The average Bonchev–Trinajstić information content (AvgIpc) is 2.13. The minimum atomic E-state index is 0.189. The summed E-state index contributed by atoms with van der Waals surface area (Å²) >= 11 is 0. The van der Waals surface area contributed by atoms with Gasteiger partial charge < -0.3 is 4.74 Å². The fourth-order valence-corrected chi connectivity index (χ4v) is 1.23. The van der Waals surface area contributed by atoms with Crippen molar-refractivity contribution in [2.45, 2.75) is 39.4 Å². The van der Waals surface area contributed by atoms with Crippen LogP contribution in [0.15, 0.2) is 0 Å². The Balaban J connectivity index is 2.37. The Morgan fingerprint density at radius 3 is 1.75 bits per heavy atom. The molecule has 1 aliphatic heterocycles. The molecule has 1 aliphatic rings. The Bertz CT molecular complexity index is 94.6. The summed E-state index contributed by atoms with van der Waals surface area (Å²) in [6.07, 6.45) is 0.516. The molecule has 0 aromatic heterocycles. The van der Waals surface area contributed by atoms with Crippen molar-refractivity contribution in [2.75, 3.05) is 0 Å². The number of ether oxygens (including phenoxy) is 1. The van der Waals surface area contributed by atoms with E-state index in [2.05, 4.69) is 27.7 Å². The molecule has 1 atom stereocenters. The highest BCUT2D eigenvalue weighted by molar-refractivity contribution is 4.96. The maximum absolute atomic E-state index is 5.37. The van der Waals surface area contributed by atoms with Gasteiger partial charge in [-0.15, -0.1) is 0 Å². The van der Waals surface area contributed by atoms with E-state index in [-0.39, 0.29) is 5.60 Å². The molecular weight excluding hydrogens is 100 g/mol. The van der Waals surface area contributed by atoms with Gasteiger partial charge in [-0.3, -0.25) is 0 Å². The van der Waals surface area contributed by atoms with Gasteiger partial charge in [-0.1, -0.05) is 13.8 Å². The van der Waals surface area contributed by atoms with Crippen LogP contribution in [0, 0.1) is 5.92 Å². The Morgan fingerprint density at radius 2 is 1.75 bits per heavy atom. The molecule has 1 saturated heterocycles. The summed E-state index contributed by atoms with van der Waals surface area (Å²) in [5.41, 5.74) is 0.189. The van der Waals surface area contributed by atoms with Crippen LogP contribution in [-0.2, 0) is 4.74 Å². The molecule has 1 rings (SSSR count). The number of rotatable bonds is 1. The molecule has 0 bridgehead atoms. The van der Waals surface area contributed by atoms with E-state index >= 15 is 0 Å². The number of hydrogen-bond acceptors (Lipinski definition) is 1. The summed E-state index contributed by atoms with van der Waals surface area (Å²) in [4.78, 5) is 0. The third-order valence-electron chi connectivity index (χ3n) is 1.66. The second-order valence-electron chi connectivity index (χ2n) is 3.39. The van der Waals surface area contributed by atoms with E-state index in [4.69, 9.17) is 4.74 Å². The standard InChI is InChI=1S/C7H14O/c1-5(2)6-7(3,4)8-6/h5-6H,1-4H3. The highest BCUT2D eigenvalue weighted by Crippen LogP contribution is 2.39. The zero-order chi connectivity index (χ0) is 6.36. The van der Waals surface area contributed by atoms with Crippen molar-refractivity contribution in [3.8, 4) is 0 Å². The highest BCUT2D eigenvalue weighted by Gasteiger charge is 2.49. The number of epoxide rings is 1. The third kappa shape index (κ3) is 0.873. The van der Waals surface area contributed by atoms with Crippen LogP contribution in [0.1, 0.15) is 27.7 Å². The van der Waals surface area contributed by atoms with Crippen molar-refractivity contribution in [2.24, 2.45) is 5.92 Å². The fourth-order valence-electron chi connectivity index (χ4n) is 1.23. The first-order chi connectivity index (χ1) is 3.54. The van der Waals surface area contributed by atoms with Crippen molar-refractivity contribution in [3.05, 3.63) is 0 Å². The lowest BCUT2D eigenvalue weighted by Gasteiger charge is -1.97. The van der Waals surface area contributed by atoms with Crippen LogP contribution >= 0.6 is 0 Å². The van der Waals surface area contributed by atoms with Gasteiger partial charge in [0.1, 0.15) is 0 Å². The summed E-state index contributed by atoms with van der Waals surface area (Å²) in [7, 11) is 0. The van der Waals surface area contributed by atoms with Gasteiger partial charge >= 0.3 is 0 Å². The first-order valence-electron chi connectivity index (χ1n) is 3.22. The topological polar surface area (TPSA) is 12.5 Å². The first kappa shape index (κ1) is 6.09. The lowest BCUT2D eigenvalue weighted by Crippen LogP contribution is -2.08. The summed E-state index contributed by atoms with van der Waals surface area (Å²) in [6, 6.07) is 0. The van der Waals surface area contributed by atoms with Crippen LogP contribution in [0.4, 0.5) is 0 Å². The van der Waals surface area contributed by atoms with Crippen molar-refractivity contribution in [1.29, 1.82) is 0 Å². The van der Waals surface area contributed by atoms with E-state index in [1.165, 1.54) is 0 Å². The summed E-state index contributed by atoms with van der Waals surface area (Å²) < 4.78 is 5.37. The van der Waals surface area contributed by atoms with E-state index in [1.54, 1.807) is 0 Å². The van der Waals surface area contributed by atoms with Crippen LogP contribution in [0.5, 0.6) is 0 Å². The summed E-state index contributed by atoms with van der Waals surface area (Å²) in [5, 5.41) is 0. The SMILES string of the molecule is CC(C)C1OC1(C)C. The molecule has 0 spiro atoms. The molecule has 1 nitrogen and oxygen atoms in total. The molecule has 0 aromatic carbocycles. The molecular formula is C7H14O. The van der Waals surface area contributed by atoms with Crippen LogP contribution in [0.25, 0.3) is 0 Å². The number of hydrogen-bond donors (Lipinski definition) is 0. The van der Waals surface area contributed by atoms with E-state index < -0.39 is 0 Å². The molecule has 0 saturated carbocycles. The fraction of sp³-hybridized carbons (Fsp3) is 1.00. The summed E-state index contributed by atoms with van der Waals surface area (Å²) in [5.74, 6) is 0.685. The van der Waals surface area contributed by atoms with E-state index in [0.717, 1.165) is 0 Å². The Labute approximate surface area is 51.0 Å². The second-order valence-corrected chi connectivity index (χ2v) is 3.39. The maximum Gasteiger partial charge on any atom is 0.0895 e. The molecule has 8 heavy (non-hydrogen) atoms. The minimum Gasteiger partial charge on any atom is -0.366 e. The van der Waals surface area contributed by atoms with Gasteiger partial charge in [0.25, 0.3) is 0 Å². The molecule has 0 radical (unpaired) electrons. The Kier molecular flexibility index (Phi) is 1.12. The van der Waals surface area contributed by atoms with Crippen LogP contribution in [0.3, 0.4) is 0 Å². The third-order valence-corrected chi connectivity index (χ3v) is 1.66. The Hall–Kier alpha value is -0.0400. The van der Waals surface area contributed by atoms with Gasteiger partial charge in [-0.05, 0) is 19.8 Å². The lowest BCUT2D eigenvalue weighted by atomic mass is 10.0. The zero-order valence-electron chi connectivity index (χ0n) is 6.06. The monoisotopic (exact) mass is 114 g/mol. The van der Waals surface area contributed by atoms with Crippen LogP contribution in [0.2, 0.25) is 0 Å². The normalized spacial score (nSPS) is 33.4. The van der Waals surface area contributed by atoms with Crippen LogP contribution < -0.4 is 0 Å². The first-order valence-corrected chi connectivity index (χ1v) is 3.22. The quantitative estimate of drug-likeness (QED) is 0.474. The molecule has 1 fully saturated rings. The molecule has 1 unspecified atom stereocenters. The van der Waals surface area contributed by atoms with E-state index in [0.29, 0.717) is 12.0 Å². The van der Waals surface area contributed by atoms with Gasteiger partial charge in [0.15, 0.2) is 0 Å². The molecule has 0 aromatic rings. The molecule has 1 heterocycles. The summed E-state index contributed by atoms with van der Waals surface area (Å²) in [6.45, 7) is 8.66. The molecule has 48 valence electrons. The second kappa shape index (κ2) is 1.47. The zero-order valence-corrected chi connectivity index (χ0v) is 6.06. The Morgan fingerprint density at radius 1 is 1.38 bits per heavy atom. The van der Waals surface area contributed by atoms with Crippen LogP contribution in [-0.4, -0.2) is 11.7 Å². The smallest absolute Gasteiger partial charge is 0.0895 e. The molecule has 0 amide bonds. The molecule has 0 N–H and O–H groups in total. The van der Waals surface area contributed by atoms with Crippen molar-refractivity contribution in [1.82, 2.24) is 0 Å². The van der Waals surface area contributed by atoms with E-state index in [1.807, 2.05) is 0 Å². The van der Waals surface area contributed by atoms with Gasteiger partial charge in [0, 0.05) is 0 Å². The van der Waals surface area contributed by atoms with Gasteiger partial charge in [0.05, 0.1) is 11.7 Å². The van der Waals surface area contributed by atoms with E-state index in [9.17, 15) is 0 Å². The predicted octanol–water partition coefficient (Wildman–Crippen LogP) is 1.82. The largest absolute Gasteiger partial charge is 0.366 e. The highest BCUT2D eigenvalue weighted by atomic mass is 16.6. The van der Waals surface area contributed by atoms with Crippen molar-refractivity contribution < 1.29 is 4.74 Å². The maximum atomic E-state index is 5.37. The van der Waals surface area contributed by atoms with Crippen molar-refractivity contribution >= 4 is 0 Å². The molecule has 1 heteroatoms. The average molecular weight is 114 g/mol. The predicted molar refractivity (Wildman–Crippen MR) is 33.8 cm³/mol. The van der Waals surface area contributed by atoms with Gasteiger partial charge in [0.2, 0.25) is 0 Å².